The second kappa shape index (κ2) is 8.62. The minimum Gasteiger partial charge on any atom is -0.480 e. The number of aromatic nitrogens is 1. The Labute approximate surface area is 151 Å². The summed E-state index contributed by atoms with van der Waals surface area (Å²) in [7, 11) is 0. The number of carboxylic acid groups (broad SMARTS) is 1. The molecule has 0 saturated heterocycles. The highest BCUT2D eigenvalue weighted by Gasteiger charge is 2.34. The summed E-state index contributed by atoms with van der Waals surface area (Å²) in [6, 6.07) is 8.30. The Bertz CT molecular complexity index is 715. The zero-order chi connectivity index (χ0) is 18.4. The minimum absolute atomic E-state index is 0.0939. The Kier molecular flexibility index (Phi) is 6.52. The molecule has 1 N–H and O–H groups in total. The fourth-order valence-electron chi connectivity index (χ4n) is 2.51. The molecule has 0 saturated carbocycles. The number of carboxylic acids is 1. The van der Waals surface area contributed by atoms with Crippen LogP contribution < -0.4 is 0 Å². The van der Waals surface area contributed by atoms with E-state index in [4.69, 9.17) is 4.74 Å². The monoisotopic (exact) mass is 362 g/mol. The van der Waals surface area contributed by atoms with Crippen molar-refractivity contribution in [3.63, 3.8) is 0 Å². The average Bonchev–Trinajstić information content (AvgIpc) is 2.97. The predicted octanol–water partition coefficient (Wildman–Crippen LogP) is 3.70. The fraction of sp³-hybridized carbons (Fsp3) is 0.389. The van der Waals surface area contributed by atoms with Crippen molar-refractivity contribution >= 4 is 23.4 Å². The van der Waals surface area contributed by atoms with Crippen molar-refractivity contribution in [3.05, 3.63) is 52.0 Å². The summed E-state index contributed by atoms with van der Waals surface area (Å²) in [6.07, 6.45) is -0.657. The molecule has 1 heterocycles. The normalized spacial score (nSPS) is 12.0. The van der Waals surface area contributed by atoms with Crippen LogP contribution in [0.25, 0.3) is 0 Å². The van der Waals surface area contributed by atoms with Crippen molar-refractivity contribution in [2.75, 3.05) is 0 Å². The van der Waals surface area contributed by atoms with E-state index in [1.165, 1.54) is 16.2 Å². The maximum atomic E-state index is 12.6. The number of hydrogen-bond donors (Lipinski definition) is 1. The second-order valence-corrected chi connectivity index (χ2v) is 7.12. The lowest BCUT2D eigenvalue weighted by molar-refractivity contribution is -0.144. The molecule has 6 nitrogen and oxygen atoms in total. The average molecular weight is 362 g/mol. The van der Waals surface area contributed by atoms with Crippen LogP contribution in [0, 0.1) is 12.8 Å². The Balaban J connectivity index is 2.16. The zero-order valence-electron chi connectivity index (χ0n) is 14.5. The quantitative estimate of drug-likeness (QED) is 0.812. The molecular formula is C18H22N2O4S. The molecule has 0 spiro atoms. The number of amides is 1. The fourth-order valence-corrected chi connectivity index (χ4v) is 3.12. The van der Waals surface area contributed by atoms with Crippen molar-refractivity contribution in [3.8, 4) is 0 Å². The third kappa shape index (κ3) is 5.29. The van der Waals surface area contributed by atoms with Gasteiger partial charge in [0.2, 0.25) is 0 Å². The van der Waals surface area contributed by atoms with Gasteiger partial charge in [-0.1, -0.05) is 44.2 Å². The van der Waals surface area contributed by atoms with E-state index in [0.717, 1.165) is 10.6 Å². The molecule has 0 radical (unpaired) electrons. The van der Waals surface area contributed by atoms with Crippen molar-refractivity contribution in [2.45, 2.75) is 40.0 Å². The summed E-state index contributed by atoms with van der Waals surface area (Å²) >= 11 is 1.46. The van der Waals surface area contributed by atoms with Crippen molar-refractivity contribution in [1.29, 1.82) is 0 Å². The number of carbonyl (C=O) groups is 2. The Morgan fingerprint density at radius 2 is 1.96 bits per heavy atom. The number of benzene rings is 1. The molecule has 1 unspecified atom stereocenters. The standard InChI is InChI=1S/C18H22N2O4S/c1-12(2)16(17(21)22)20(9-15-11-25-13(3)19-15)18(23)24-10-14-7-5-4-6-8-14/h4-8,11-12,16H,9-10H2,1-3H3,(H,21,22). The van der Waals surface area contributed by atoms with Gasteiger partial charge in [-0.2, -0.15) is 0 Å². The number of carbonyl (C=O) groups excluding carboxylic acids is 1. The van der Waals surface area contributed by atoms with Gasteiger partial charge in [0.05, 0.1) is 17.2 Å². The number of aryl methyl sites for hydroxylation is 1. The molecule has 0 bridgehead atoms. The van der Waals surface area contributed by atoms with E-state index in [0.29, 0.717) is 5.69 Å². The van der Waals surface area contributed by atoms with Gasteiger partial charge in [0.15, 0.2) is 0 Å². The first-order valence-corrected chi connectivity index (χ1v) is 8.87. The number of hydrogen-bond acceptors (Lipinski definition) is 5. The Hall–Kier alpha value is -2.41. The molecule has 25 heavy (non-hydrogen) atoms. The van der Waals surface area contributed by atoms with Gasteiger partial charge in [0.25, 0.3) is 0 Å². The second-order valence-electron chi connectivity index (χ2n) is 6.05. The molecule has 1 amide bonds. The molecule has 1 aromatic heterocycles. The number of rotatable bonds is 7. The van der Waals surface area contributed by atoms with E-state index in [9.17, 15) is 14.7 Å². The molecule has 134 valence electrons. The van der Waals surface area contributed by atoms with E-state index in [2.05, 4.69) is 4.98 Å². The van der Waals surface area contributed by atoms with Gasteiger partial charge in [-0.15, -0.1) is 11.3 Å². The maximum Gasteiger partial charge on any atom is 0.411 e. The van der Waals surface area contributed by atoms with Crippen LogP contribution in [0.5, 0.6) is 0 Å². The number of ether oxygens (including phenoxy) is 1. The topological polar surface area (TPSA) is 79.7 Å². The van der Waals surface area contributed by atoms with Crippen LogP contribution in [0.3, 0.4) is 0 Å². The highest BCUT2D eigenvalue weighted by atomic mass is 32.1. The number of nitrogens with zero attached hydrogens (tertiary/aromatic N) is 2. The molecule has 1 atom stereocenters. The lowest BCUT2D eigenvalue weighted by Gasteiger charge is -2.30. The van der Waals surface area contributed by atoms with Crippen molar-refractivity contribution < 1.29 is 19.4 Å². The zero-order valence-corrected chi connectivity index (χ0v) is 15.3. The molecule has 0 aliphatic carbocycles. The summed E-state index contributed by atoms with van der Waals surface area (Å²) < 4.78 is 5.35. The van der Waals surface area contributed by atoms with Gasteiger partial charge in [0.1, 0.15) is 12.6 Å². The van der Waals surface area contributed by atoms with E-state index in [1.807, 2.05) is 42.6 Å². The van der Waals surface area contributed by atoms with E-state index < -0.39 is 18.1 Å². The van der Waals surface area contributed by atoms with Gasteiger partial charge >= 0.3 is 12.1 Å². The summed E-state index contributed by atoms with van der Waals surface area (Å²) in [5.74, 6) is -1.32. The van der Waals surface area contributed by atoms with Crippen molar-refractivity contribution in [2.24, 2.45) is 5.92 Å². The van der Waals surface area contributed by atoms with Gasteiger partial charge in [-0.3, -0.25) is 4.90 Å². The smallest absolute Gasteiger partial charge is 0.411 e. The summed E-state index contributed by atoms with van der Waals surface area (Å²) in [5.41, 5.74) is 1.50. The summed E-state index contributed by atoms with van der Waals surface area (Å²) in [4.78, 5) is 29.9. The van der Waals surface area contributed by atoms with Crippen LogP contribution in [-0.2, 0) is 22.7 Å². The highest BCUT2D eigenvalue weighted by Crippen LogP contribution is 2.19. The third-order valence-corrected chi connectivity index (χ3v) is 4.48. The highest BCUT2D eigenvalue weighted by molar-refractivity contribution is 7.09. The summed E-state index contributed by atoms with van der Waals surface area (Å²) in [6.45, 7) is 5.60. The molecule has 0 aliphatic heterocycles. The first-order chi connectivity index (χ1) is 11.9. The maximum absolute atomic E-state index is 12.6. The van der Waals surface area contributed by atoms with Gasteiger partial charge in [0, 0.05) is 5.38 Å². The van der Waals surface area contributed by atoms with Crippen LogP contribution in [0.15, 0.2) is 35.7 Å². The molecule has 2 aromatic rings. The largest absolute Gasteiger partial charge is 0.480 e. The lowest BCUT2D eigenvalue weighted by atomic mass is 10.0. The van der Waals surface area contributed by atoms with E-state index in [1.54, 1.807) is 13.8 Å². The van der Waals surface area contributed by atoms with Crippen LogP contribution in [0.2, 0.25) is 0 Å². The third-order valence-electron chi connectivity index (χ3n) is 3.66. The minimum atomic E-state index is -1.06. The van der Waals surface area contributed by atoms with Gasteiger partial charge in [-0.05, 0) is 18.4 Å². The van der Waals surface area contributed by atoms with Crippen LogP contribution in [-0.4, -0.2) is 33.1 Å². The first-order valence-electron chi connectivity index (χ1n) is 7.99. The first kappa shape index (κ1) is 18.9. The SMILES string of the molecule is Cc1nc(CN(C(=O)OCc2ccccc2)C(C(=O)O)C(C)C)cs1. The van der Waals surface area contributed by atoms with Crippen LogP contribution in [0.1, 0.15) is 30.1 Å². The van der Waals surface area contributed by atoms with E-state index >= 15 is 0 Å². The van der Waals surface area contributed by atoms with E-state index in [-0.39, 0.29) is 19.1 Å². The van der Waals surface area contributed by atoms with Crippen LogP contribution >= 0.6 is 11.3 Å². The lowest BCUT2D eigenvalue weighted by Crippen LogP contribution is -2.47. The predicted molar refractivity (Wildman–Crippen MR) is 95.3 cm³/mol. The van der Waals surface area contributed by atoms with Gasteiger partial charge in [-0.25, -0.2) is 14.6 Å². The molecule has 7 heteroatoms. The molecular weight excluding hydrogens is 340 g/mol. The molecule has 0 fully saturated rings. The number of thiazole rings is 1. The van der Waals surface area contributed by atoms with Gasteiger partial charge < -0.3 is 9.84 Å². The molecule has 2 rings (SSSR count). The molecule has 1 aromatic carbocycles. The Morgan fingerprint density at radius 3 is 2.48 bits per heavy atom. The number of aliphatic carboxylic acids is 1. The van der Waals surface area contributed by atoms with Crippen LogP contribution in [0.4, 0.5) is 4.79 Å². The summed E-state index contributed by atoms with van der Waals surface area (Å²) in [5, 5.41) is 12.3. The van der Waals surface area contributed by atoms with Crippen molar-refractivity contribution in [1.82, 2.24) is 9.88 Å². The molecule has 0 aliphatic rings. The Morgan fingerprint density at radius 1 is 1.28 bits per heavy atom.